The van der Waals surface area contributed by atoms with Crippen LogP contribution < -0.4 is 4.74 Å². The molecule has 0 unspecified atom stereocenters. The first-order chi connectivity index (χ1) is 10.3. The summed E-state index contributed by atoms with van der Waals surface area (Å²) in [5, 5.41) is 0. The summed E-state index contributed by atoms with van der Waals surface area (Å²) in [5.41, 5.74) is 3.04. The Balaban J connectivity index is 1.82. The van der Waals surface area contributed by atoms with E-state index in [1.165, 1.54) is 18.5 Å². The number of fused-ring (bicyclic) bond motifs is 1. The van der Waals surface area contributed by atoms with Crippen LogP contribution in [0.15, 0.2) is 30.6 Å². The number of carbonyl (C=O) groups is 1. The summed E-state index contributed by atoms with van der Waals surface area (Å²) >= 11 is 0. The Kier molecular flexibility index (Phi) is 4.04. The van der Waals surface area contributed by atoms with Gasteiger partial charge in [0, 0.05) is 5.69 Å². The first-order valence-corrected chi connectivity index (χ1v) is 7.57. The molecule has 0 amide bonds. The molecular formula is C17H20N2O2. The maximum atomic E-state index is 12.6. The predicted molar refractivity (Wildman–Crippen MR) is 80.8 cm³/mol. The molecule has 0 radical (unpaired) electrons. The molecule has 1 aromatic carbocycles. The van der Waals surface area contributed by atoms with E-state index in [0.29, 0.717) is 24.5 Å². The molecule has 3 rings (SSSR count). The van der Waals surface area contributed by atoms with Gasteiger partial charge in [0.15, 0.2) is 5.78 Å². The van der Waals surface area contributed by atoms with E-state index in [9.17, 15) is 4.79 Å². The summed E-state index contributed by atoms with van der Waals surface area (Å²) in [4.78, 5) is 17.0. The highest BCUT2D eigenvalue weighted by molar-refractivity contribution is 5.98. The summed E-state index contributed by atoms with van der Waals surface area (Å²) in [7, 11) is 0. The molecule has 1 aromatic heterocycles. The van der Waals surface area contributed by atoms with E-state index in [0.717, 1.165) is 18.5 Å². The van der Waals surface area contributed by atoms with Gasteiger partial charge >= 0.3 is 0 Å². The van der Waals surface area contributed by atoms with Gasteiger partial charge in [-0.15, -0.1) is 0 Å². The largest absolute Gasteiger partial charge is 0.493 e. The number of hydrogen-bond acceptors (Lipinski definition) is 3. The molecular weight excluding hydrogens is 264 g/mol. The second-order valence-corrected chi connectivity index (χ2v) is 5.33. The van der Waals surface area contributed by atoms with E-state index >= 15 is 0 Å². The smallest absolute Gasteiger partial charge is 0.186 e. The number of benzene rings is 1. The molecule has 4 heteroatoms. The van der Waals surface area contributed by atoms with Gasteiger partial charge in [-0.1, -0.05) is 12.1 Å². The minimum Gasteiger partial charge on any atom is -0.493 e. The number of nitrogens with zero attached hydrogens (tertiary/aromatic N) is 2. The maximum absolute atomic E-state index is 12.6. The van der Waals surface area contributed by atoms with Crippen molar-refractivity contribution < 1.29 is 9.53 Å². The van der Waals surface area contributed by atoms with E-state index in [2.05, 4.69) is 4.98 Å². The second-order valence-electron chi connectivity index (χ2n) is 5.33. The SMILES string of the molecule is CCOc1ccccc1C(=O)Cn1cnc2c1CCCC2. The van der Waals surface area contributed by atoms with Gasteiger partial charge in [0.05, 0.1) is 30.7 Å². The molecule has 1 aliphatic rings. The molecule has 110 valence electrons. The number of rotatable bonds is 5. The molecule has 4 nitrogen and oxygen atoms in total. The normalized spacial score (nSPS) is 13.8. The van der Waals surface area contributed by atoms with Crippen LogP contribution in [0.1, 0.15) is 41.5 Å². The molecule has 1 heterocycles. The van der Waals surface area contributed by atoms with Crippen molar-refractivity contribution in [1.29, 1.82) is 0 Å². The van der Waals surface area contributed by atoms with Crippen molar-refractivity contribution in [2.45, 2.75) is 39.2 Å². The number of imidazole rings is 1. The molecule has 0 saturated heterocycles. The zero-order valence-corrected chi connectivity index (χ0v) is 12.3. The van der Waals surface area contributed by atoms with E-state index in [1.54, 1.807) is 6.33 Å². The van der Waals surface area contributed by atoms with Crippen LogP contribution in [-0.2, 0) is 19.4 Å². The standard InChI is InChI=1S/C17H20N2O2/c1-2-21-17-10-6-3-7-13(17)16(20)11-19-12-18-14-8-4-5-9-15(14)19/h3,6-7,10,12H,2,4-5,8-9,11H2,1H3. The Morgan fingerprint density at radius 3 is 2.95 bits per heavy atom. The third-order valence-corrected chi connectivity index (χ3v) is 3.91. The van der Waals surface area contributed by atoms with Gasteiger partial charge in [0.1, 0.15) is 5.75 Å². The monoisotopic (exact) mass is 284 g/mol. The zero-order valence-electron chi connectivity index (χ0n) is 12.3. The van der Waals surface area contributed by atoms with Crippen LogP contribution in [0, 0.1) is 0 Å². The minimum absolute atomic E-state index is 0.0739. The van der Waals surface area contributed by atoms with Crippen molar-refractivity contribution in [2.75, 3.05) is 6.61 Å². The van der Waals surface area contributed by atoms with Gasteiger partial charge < -0.3 is 9.30 Å². The highest BCUT2D eigenvalue weighted by atomic mass is 16.5. The molecule has 0 fully saturated rings. The molecule has 0 spiro atoms. The van der Waals surface area contributed by atoms with Gasteiger partial charge in [-0.25, -0.2) is 4.98 Å². The van der Waals surface area contributed by atoms with Crippen LogP contribution >= 0.6 is 0 Å². The lowest BCUT2D eigenvalue weighted by Gasteiger charge is -2.14. The number of carbonyl (C=O) groups excluding carboxylic acids is 1. The van der Waals surface area contributed by atoms with E-state index in [-0.39, 0.29) is 5.78 Å². The lowest BCUT2D eigenvalue weighted by molar-refractivity contribution is 0.0967. The number of para-hydroxylation sites is 1. The highest BCUT2D eigenvalue weighted by Gasteiger charge is 2.18. The van der Waals surface area contributed by atoms with Gasteiger partial charge in [-0.2, -0.15) is 0 Å². The first kappa shape index (κ1) is 13.9. The van der Waals surface area contributed by atoms with Gasteiger partial charge in [0.2, 0.25) is 0 Å². The van der Waals surface area contributed by atoms with Gasteiger partial charge in [-0.3, -0.25) is 4.79 Å². The molecule has 0 N–H and O–H groups in total. The van der Waals surface area contributed by atoms with Crippen molar-refractivity contribution in [1.82, 2.24) is 9.55 Å². The summed E-state index contributed by atoms with van der Waals surface area (Å²) in [6.07, 6.45) is 6.24. The molecule has 2 aromatic rings. The summed E-state index contributed by atoms with van der Waals surface area (Å²) in [5.74, 6) is 0.740. The Hall–Kier alpha value is -2.10. The number of ketones is 1. The van der Waals surface area contributed by atoms with Crippen LogP contribution in [0.5, 0.6) is 5.75 Å². The Morgan fingerprint density at radius 1 is 1.29 bits per heavy atom. The van der Waals surface area contributed by atoms with Crippen molar-refractivity contribution in [3.63, 3.8) is 0 Å². The Bertz CT molecular complexity index is 646. The van der Waals surface area contributed by atoms with Gasteiger partial charge in [-0.05, 0) is 44.7 Å². The number of ether oxygens (including phenoxy) is 1. The van der Waals surface area contributed by atoms with E-state index < -0.39 is 0 Å². The molecule has 0 aliphatic heterocycles. The van der Waals surface area contributed by atoms with Crippen LogP contribution in [-0.4, -0.2) is 21.9 Å². The number of aromatic nitrogens is 2. The summed E-state index contributed by atoms with van der Waals surface area (Å²) < 4.78 is 7.54. The van der Waals surface area contributed by atoms with Gasteiger partial charge in [0.25, 0.3) is 0 Å². The van der Waals surface area contributed by atoms with E-state index in [1.807, 2.05) is 35.8 Å². The Morgan fingerprint density at radius 2 is 2.10 bits per heavy atom. The fourth-order valence-corrected chi connectivity index (χ4v) is 2.89. The number of hydrogen-bond donors (Lipinski definition) is 0. The van der Waals surface area contributed by atoms with Crippen molar-refractivity contribution in [3.05, 3.63) is 47.5 Å². The maximum Gasteiger partial charge on any atom is 0.186 e. The highest BCUT2D eigenvalue weighted by Crippen LogP contribution is 2.22. The molecule has 0 saturated carbocycles. The molecule has 0 bridgehead atoms. The number of aryl methyl sites for hydroxylation is 1. The van der Waals surface area contributed by atoms with E-state index in [4.69, 9.17) is 4.74 Å². The molecule has 0 atom stereocenters. The lowest BCUT2D eigenvalue weighted by atomic mass is 10.0. The topological polar surface area (TPSA) is 44.1 Å². The van der Waals surface area contributed by atoms with Crippen LogP contribution in [0.2, 0.25) is 0 Å². The summed E-state index contributed by atoms with van der Waals surface area (Å²) in [6.45, 7) is 2.82. The predicted octanol–water partition coefficient (Wildman–Crippen LogP) is 3.04. The molecule has 1 aliphatic carbocycles. The number of Topliss-reactive ketones (excluding diaryl/α,β-unsaturated/α-hetero) is 1. The fraction of sp³-hybridized carbons (Fsp3) is 0.412. The van der Waals surface area contributed by atoms with Crippen LogP contribution in [0.3, 0.4) is 0 Å². The lowest BCUT2D eigenvalue weighted by Crippen LogP contribution is -2.15. The minimum atomic E-state index is 0.0739. The van der Waals surface area contributed by atoms with Crippen LogP contribution in [0.25, 0.3) is 0 Å². The van der Waals surface area contributed by atoms with Crippen molar-refractivity contribution >= 4 is 5.78 Å². The van der Waals surface area contributed by atoms with Crippen molar-refractivity contribution in [2.24, 2.45) is 0 Å². The third-order valence-electron chi connectivity index (χ3n) is 3.91. The third kappa shape index (κ3) is 2.84. The van der Waals surface area contributed by atoms with Crippen molar-refractivity contribution in [3.8, 4) is 5.75 Å². The summed E-state index contributed by atoms with van der Waals surface area (Å²) in [6, 6.07) is 7.44. The molecule has 21 heavy (non-hydrogen) atoms. The quantitative estimate of drug-likeness (QED) is 0.793. The van der Waals surface area contributed by atoms with Crippen LogP contribution in [0.4, 0.5) is 0 Å². The average Bonchev–Trinajstić information content (AvgIpc) is 2.91. The second kappa shape index (κ2) is 6.12. The average molecular weight is 284 g/mol. The first-order valence-electron chi connectivity index (χ1n) is 7.57. The fourth-order valence-electron chi connectivity index (χ4n) is 2.89. The Labute approximate surface area is 124 Å². The zero-order chi connectivity index (χ0) is 14.7.